The summed E-state index contributed by atoms with van der Waals surface area (Å²) in [7, 11) is 5.29. The fraction of sp³-hybridized carbons (Fsp3) is 0.258. The molecule has 3 aromatic rings. The van der Waals surface area contributed by atoms with Gasteiger partial charge in [-0.2, -0.15) is 0 Å². The van der Waals surface area contributed by atoms with Crippen LogP contribution < -0.4 is 9.80 Å². The Morgan fingerprint density at radius 3 is 2.18 bits per heavy atom. The molecule has 1 heterocycles. The van der Waals surface area contributed by atoms with Gasteiger partial charge >= 0.3 is 5.97 Å². The minimum atomic E-state index is -0.389. The third-order valence-corrected chi connectivity index (χ3v) is 6.77. The largest absolute Gasteiger partial charge is 0.493 e. The van der Waals surface area contributed by atoms with Gasteiger partial charge in [-0.25, -0.2) is 4.79 Å². The first-order valence-corrected chi connectivity index (χ1v) is 12.5. The average Bonchev–Trinajstić information content (AvgIpc) is 3.15. The van der Waals surface area contributed by atoms with Crippen molar-refractivity contribution in [2.45, 2.75) is 25.7 Å². The Labute approximate surface area is 241 Å². The summed E-state index contributed by atoms with van der Waals surface area (Å²) in [6.45, 7) is 5.09. The number of ether oxygens (including phenoxy) is 1. The monoisotopic (exact) mass is 571 g/mol. The summed E-state index contributed by atoms with van der Waals surface area (Å²) < 4.78 is 4.91. The van der Waals surface area contributed by atoms with Crippen molar-refractivity contribution in [3.63, 3.8) is 0 Å². The fourth-order valence-corrected chi connectivity index (χ4v) is 4.82. The van der Waals surface area contributed by atoms with E-state index < -0.39 is 0 Å². The molecule has 1 atom stereocenters. The van der Waals surface area contributed by atoms with Crippen LogP contribution in [0.4, 0.5) is 11.4 Å². The van der Waals surface area contributed by atoms with Gasteiger partial charge in [0.2, 0.25) is 5.90 Å². The summed E-state index contributed by atoms with van der Waals surface area (Å²) in [5.41, 5.74) is 6.31. The first-order chi connectivity index (χ1) is 18.2. The van der Waals surface area contributed by atoms with E-state index in [0.29, 0.717) is 11.1 Å². The van der Waals surface area contributed by atoms with Crippen LogP contribution in [-0.4, -0.2) is 50.9 Å². The molecule has 0 saturated heterocycles. The molecule has 3 N–H and O–H groups in total. The quantitative estimate of drug-likeness (QED) is 0.184. The number of aliphatic hydroxyl groups is 1. The molecule has 0 saturated carbocycles. The number of aliphatic hydroxyl groups excluding tert-OH is 1. The molecular formula is C31H36CoN4O3. The molecule has 0 amide bonds. The molecule has 3 aromatic carbocycles. The maximum absolute atomic E-state index is 12.1. The maximum atomic E-state index is 12.1. The Hall–Kier alpha value is -3.88. The van der Waals surface area contributed by atoms with Gasteiger partial charge in [-0.1, -0.05) is 30.3 Å². The number of carbonyl (C=O) groups is 1. The summed E-state index contributed by atoms with van der Waals surface area (Å²) in [6, 6.07) is 23.2. The zero-order valence-electron chi connectivity index (χ0n) is 23.0. The van der Waals surface area contributed by atoms with Crippen molar-refractivity contribution >= 4 is 29.5 Å². The number of esters is 1. The van der Waals surface area contributed by atoms with Gasteiger partial charge in [0.25, 0.3) is 0 Å². The van der Waals surface area contributed by atoms with Gasteiger partial charge in [-0.05, 0) is 79.9 Å². The van der Waals surface area contributed by atoms with E-state index in [0.717, 1.165) is 35.6 Å². The van der Waals surface area contributed by atoms with Crippen LogP contribution in [-0.2, 0) is 33.4 Å². The number of hydrogen-bond donors (Lipinski definition) is 3. The fourth-order valence-electron chi connectivity index (χ4n) is 4.82. The predicted octanol–water partition coefficient (Wildman–Crippen LogP) is 5.98. The summed E-state index contributed by atoms with van der Waals surface area (Å²) in [5.74, 6) is -0.720. The third kappa shape index (κ3) is 6.96. The SMILES string of the molecule is CCN1/C(=C\C=N)C(C)(Cc2ccccc2)c2cc(C(=O)OC)ccc21.CN(C)c1ccc(C(=N)O)cc1.[Co]. The molecular weight excluding hydrogens is 535 g/mol. The number of nitrogens with zero attached hydrogens (tertiary/aromatic N) is 2. The number of methoxy groups -OCH3 is 1. The van der Waals surface area contributed by atoms with Crippen LogP contribution in [0.2, 0.25) is 0 Å². The Bertz CT molecular complexity index is 1320. The third-order valence-electron chi connectivity index (χ3n) is 6.77. The zero-order valence-corrected chi connectivity index (χ0v) is 24.0. The second kappa shape index (κ2) is 13.8. The van der Waals surface area contributed by atoms with E-state index >= 15 is 0 Å². The molecule has 0 spiro atoms. The summed E-state index contributed by atoms with van der Waals surface area (Å²) in [4.78, 5) is 16.2. The number of rotatable bonds is 7. The Balaban J connectivity index is 0.000000346. The van der Waals surface area contributed by atoms with Crippen molar-refractivity contribution < 1.29 is 31.4 Å². The van der Waals surface area contributed by atoms with Gasteiger partial charge in [-0.15, -0.1) is 0 Å². The van der Waals surface area contributed by atoms with E-state index in [9.17, 15) is 4.79 Å². The van der Waals surface area contributed by atoms with Crippen LogP contribution in [0.3, 0.4) is 0 Å². The minimum Gasteiger partial charge on any atom is -0.493 e. The zero-order chi connectivity index (χ0) is 27.9. The van der Waals surface area contributed by atoms with Crippen LogP contribution in [0, 0.1) is 10.8 Å². The molecule has 1 aliphatic heterocycles. The smallest absolute Gasteiger partial charge is 0.337 e. The minimum absolute atomic E-state index is 0. The van der Waals surface area contributed by atoms with Gasteiger partial charge < -0.3 is 25.1 Å². The Kier molecular flexibility index (Phi) is 11.1. The molecule has 4 rings (SSSR count). The second-order valence-corrected chi connectivity index (χ2v) is 9.47. The van der Waals surface area contributed by atoms with Crippen molar-refractivity contribution in [2.24, 2.45) is 0 Å². The van der Waals surface area contributed by atoms with Crippen molar-refractivity contribution in [3.05, 3.63) is 107 Å². The number of anilines is 2. The van der Waals surface area contributed by atoms with Crippen molar-refractivity contribution in [1.29, 1.82) is 10.8 Å². The molecule has 1 aliphatic rings. The predicted molar refractivity (Wildman–Crippen MR) is 155 cm³/mol. The Morgan fingerprint density at radius 2 is 1.67 bits per heavy atom. The van der Waals surface area contributed by atoms with Crippen LogP contribution in [0.25, 0.3) is 0 Å². The van der Waals surface area contributed by atoms with Crippen LogP contribution in [0.1, 0.15) is 40.9 Å². The van der Waals surface area contributed by atoms with Crippen LogP contribution >= 0.6 is 0 Å². The van der Waals surface area contributed by atoms with Crippen molar-refractivity contribution in [3.8, 4) is 0 Å². The number of hydrogen-bond acceptors (Lipinski definition) is 6. The van der Waals surface area contributed by atoms with Crippen molar-refractivity contribution in [2.75, 3.05) is 37.5 Å². The van der Waals surface area contributed by atoms with Crippen LogP contribution in [0.5, 0.6) is 0 Å². The first-order valence-electron chi connectivity index (χ1n) is 12.5. The van der Waals surface area contributed by atoms with E-state index in [1.54, 1.807) is 12.1 Å². The standard InChI is InChI=1S/C22H24N2O2.C9H12N2O.Co/c1-4-24-19-11-10-17(21(25)26-3)14-18(19)22(2,20(24)12-13-23)15-16-8-6-5-7-9-16;1-11(2)8-5-3-7(4-6-8)9(10)12;/h5-14,23H,4,15H2,1-3H3;3-6H,1-2H3,(H2,10,12);/b20-12-,23-13?;;. The van der Waals surface area contributed by atoms with Gasteiger partial charge in [0.05, 0.1) is 12.7 Å². The number of nitrogens with one attached hydrogen (secondary N) is 2. The van der Waals surface area contributed by atoms with Gasteiger partial charge in [0.15, 0.2) is 0 Å². The maximum Gasteiger partial charge on any atom is 0.337 e. The summed E-state index contributed by atoms with van der Waals surface area (Å²) in [6.07, 6.45) is 4.00. The molecule has 39 heavy (non-hydrogen) atoms. The van der Waals surface area contributed by atoms with E-state index in [-0.39, 0.29) is 34.1 Å². The number of likely N-dealkylation sites (N-methyl/N-ethyl adjacent to an activating group) is 1. The van der Waals surface area contributed by atoms with Crippen LogP contribution in [0.15, 0.2) is 84.6 Å². The molecule has 1 radical (unpaired) electrons. The summed E-state index contributed by atoms with van der Waals surface area (Å²) >= 11 is 0. The number of fused-ring (bicyclic) bond motifs is 1. The first kappa shape index (κ1) is 31.3. The summed E-state index contributed by atoms with van der Waals surface area (Å²) in [5, 5.41) is 23.4. The molecule has 1 unspecified atom stereocenters. The number of benzene rings is 3. The van der Waals surface area contributed by atoms with Gasteiger partial charge in [-0.3, -0.25) is 5.41 Å². The second-order valence-electron chi connectivity index (χ2n) is 9.47. The topological polar surface area (TPSA) is 101 Å². The van der Waals surface area contributed by atoms with Gasteiger partial charge in [0, 0.05) is 71.7 Å². The normalized spacial score (nSPS) is 16.3. The molecule has 0 aliphatic carbocycles. The van der Waals surface area contributed by atoms with E-state index in [1.807, 2.05) is 73.6 Å². The molecule has 0 fully saturated rings. The molecule has 8 heteroatoms. The molecule has 7 nitrogen and oxygen atoms in total. The van der Waals surface area contributed by atoms with E-state index in [2.05, 4.69) is 30.9 Å². The van der Waals surface area contributed by atoms with Crippen molar-refractivity contribution in [1.82, 2.24) is 0 Å². The average molecular weight is 572 g/mol. The van der Waals surface area contributed by atoms with E-state index in [1.165, 1.54) is 18.9 Å². The molecule has 207 valence electrons. The number of allylic oxidation sites excluding steroid dienone is 2. The molecule has 0 bridgehead atoms. The molecule has 0 aromatic heterocycles. The Morgan fingerprint density at radius 1 is 1.05 bits per heavy atom. The van der Waals surface area contributed by atoms with Gasteiger partial charge in [0.1, 0.15) is 0 Å². The van der Waals surface area contributed by atoms with E-state index in [4.69, 9.17) is 20.7 Å². The number of carbonyl (C=O) groups excluding carboxylic acids is 1.